The number of nitrogens with one attached hydrogen (secondary N) is 2. The molecule has 1 heterocycles. The van der Waals surface area contributed by atoms with Gasteiger partial charge in [0.25, 0.3) is 5.91 Å². The van der Waals surface area contributed by atoms with Gasteiger partial charge in [-0.2, -0.15) is 0 Å². The Hall–Kier alpha value is -1.91. The van der Waals surface area contributed by atoms with Crippen molar-refractivity contribution in [1.82, 2.24) is 10.6 Å². The van der Waals surface area contributed by atoms with Gasteiger partial charge in [0.05, 0.1) is 0 Å². The maximum atomic E-state index is 12.9. The molecule has 1 fully saturated rings. The average Bonchev–Trinajstić information content (AvgIpc) is 2.72. The Kier molecular flexibility index (Phi) is 3.37. The molecule has 90 valence electrons. The van der Waals surface area contributed by atoms with Crippen LogP contribution < -0.4 is 10.6 Å². The van der Waals surface area contributed by atoms with E-state index in [1.807, 2.05) is 0 Å². The van der Waals surface area contributed by atoms with E-state index >= 15 is 0 Å². The van der Waals surface area contributed by atoms with Crippen LogP contribution in [0.1, 0.15) is 23.2 Å². The maximum Gasteiger partial charge on any atom is 0.251 e. The largest absolute Gasteiger partial charge is 0.352 e. The lowest BCUT2D eigenvalue weighted by molar-refractivity contribution is -0.119. The molecule has 0 radical (unpaired) electrons. The smallest absolute Gasteiger partial charge is 0.251 e. The van der Waals surface area contributed by atoms with Crippen molar-refractivity contribution >= 4 is 11.8 Å². The molecule has 2 N–H and O–H groups in total. The average molecular weight is 236 g/mol. The van der Waals surface area contributed by atoms with Crippen LogP contribution in [0.15, 0.2) is 24.3 Å². The highest BCUT2D eigenvalue weighted by atomic mass is 19.1. The molecule has 1 aromatic carbocycles. The third-order valence-corrected chi connectivity index (χ3v) is 2.68. The van der Waals surface area contributed by atoms with Gasteiger partial charge in [0.1, 0.15) is 5.82 Å². The van der Waals surface area contributed by atoms with Crippen molar-refractivity contribution < 1.29 is 14.0 Å². The molecule has 1 aliphatic heterocycles. The van der Waals surface area contributed by atoms with Crippen molar-refractivity contribution in [2.75, 3.05) is 6.54 Å². The molecular formula is C12H13FN2O2. The van der Waals surface area contributed by atoms with Gasteiger partial charge in [0, 0.05) is 24.6 Å². The summed E-state index contributed by atoms with van der Waals surface area (Å²) in [5.41, 5.74) is 0.286. The van der Waals surface area contributed by atoms with Crippen molar-refractivity contribution in [1.29, 1.82) is 0 Å². The first-order valence-electron chi connectivity index (χ1n) is 5.48. The molecule has 5 heteroatoms. The number of hydrogen-bond donors (Lipinski definition) is 2. The second-order valence-corrected chi connectivity index (χ2v) is 4.02. The molecule has 17 heavy (non-hydrogen) atoms. The zero-order chi connectivity index (χ0) is 12.3. The lowest BCUT2D eigenvalue weighted by Gasteiger charge is -2.11. The van der Waals surface area contributed by atoms with E-state index in [-0.39, 0.29) is 23.4 Å². The summed E-state index contributed by atoms with van der Waals surface area (Å²) in [6, 6.07) is 5.49. The summed E-state index contributed by atoms with van der Waals surface area (Å²) in [6.45, 7) is 0.376. The summed E-state index contributed by atoms with van der Waals surface area (Å²) in [5.74, 6) is -0.757. The van der Waals surface area contributed by atoms with Crippen LogP contribution in [0.4, 0.5) is 4.39 Å². The Bertz CT molecular complexity index is 448. The highest BCUT2D eigenvalue weighted by Crippen LogP contribution is 2.06. The zero-order valence-electron chi connectivity index (χ0n) is 9.20. The van der Waals surface area contributed by atoms with Gasteiger partial charge < -0.3 is 10.6 Å². The first-order chi connectivity index (χ1) is 8.15. The Morgan fingerprint density at radius 2 is 2.35 bits per heavy atom. The number of carbonyl (C=O) groups excluding carboxylic acids is 2. The molecule has 1 aliphatic rings. The minimum absolute atomic E-state index is 0.00926. The van der Waals surface area contributed by atoms with Crippen molar-refractivity contribution in [3.05, 3.63) is 35.6 Å². The quantitative estimate of drug-likeness (QED) is 0.816. The van der Waals surface area contributed by atoms with Crippen LogP contribution in [-0.4, -0.2) is 24.4 Å². The van der Waals surface area contributed by atoms with E-state index in [0.717, 1.165) is 6.42 Å². The van der Waals surface area contributed by atoms with Crippen LogP contribution in [0.2, 0.25) is 0 Å². The molecule has 4 nitrogen and oxygen atoms in total. The minimum atomic E-state index is -0.438. The molecule has 0 saturated carbocycles. The van der Waals surface area contributed by atoms with Crippen LogP contribution in [0, 0.1) is 5.82 Å². The predicted molar refractivity (Wildman–Crippen MR) is 59.9 cm³/mol. The number of carbonyl (C=O) groups is 2. The fourth-order valence-corrected chi connectivity index (χ4v) is 1.78. The fourth-order valence-electron chi connectivity index (χ4n) is 1.78. The van der Waals surface area contributed by atoms with E-state index in [1.54, 1.807) is 6.07 Å². The summed E-state index contributed by atoms with van der Waals surface area (Å²) in [6.07, 6.45) is 1.22. The predicted octanol–water partition coefficient (Wildman–Crippen LogP) is 0.834. The Morgan fingerprint density at radius 3 is 3.00 bits per heavy atom. The number of hydrogen-bond acceptors (Lipinski definition) is 2. The van der Waals surface area contributed by atoms with E-state index in [1.165, 1.54) is 18.2 Å². The Labute approximate surface area is 98.2 Å². The first-order valence-corrected chi connectivity index (χ1v) is 5.48. The van der Waals surface area contributed by atoms with E-state index < -0.39 is 5.82 Å². The molecule has 1 unspecified atom stereocenters. The minimum Gasteiger partial charge on any atom is -0.352 e. The van der Waals surface area contributed by atoms with Crippen molar-refractivity contribution in [3.63, 3.8) is 0 Å². The van der Waals surface area contributed by atoms with Crippen LogP contribution in [0.5, 0.6) is 0 Å². The maximum absolute atomic E-state index is 12.9. The summed E-state index contributed by atoms with van der Waals surface area (Å²) in [5, 5.41) is 5.41. The highest BCUT2D eigenvalue weighted by Gasteiger charge is 2.21. The van der Waals surface area contributed by atoms with Crippen LogP contribution in [-0.2, 0) is 4.79 Å². The van der Waals surface area contributed by atoms with Crippen LogP contribution in [0.25, 0.3) is 0 Å². The third-order valence-electron chi connectivity index (χ3n) is 2.68. The zero-order valence-corrected chi connectivity index (χ0v) is 9.20. The second kappa shape index (κ2) is 4.95. The lowest BCUT2D eigenvalue weighted by Crippen LogP contribution is -2.38. The molecule has 1 aromatic rings. The molecule has 0 bridgehead atoms. The van der Waals surface area contributed by atoms with E-state index in [2.05, 4.69) is 10.6 Å². The van der Waals surface area contributed by atoms with Gasteiger partial charge in [0.2, 0.25) is 5.91 Å². The summed E-state index contributed by atoms with van der Waals surface area (Å²) in [4.78, 5) is 22.6. The Balaban J connectivity index is 1.87. The van der Waals surface area contributed by atoms with Crippen LogP contribution >= 0.6 is 0 Å². The molecule has 1 atom stereocenters. The normalized spacial score (nSPS) is 18.9. The molecule has 0 aliphatic carbocycles. The standard InChI is InChI=1S/C12H13FN2O2/c13-9-3-1-2-8(6-9)12(17)14-7-10-4-5-11(16)15-10/h1-3,6,10H,4-5,7H2,(H,14,17)(H,15,16). The van der Waals surface area contributed by atoms with Gasteiger partial charge in [-0.15, -0.1) is 0 Å². The number of amides is 2. The van der Waals surface area contributed by atoms with Gasteiger partial charge in [-0.05, 0) is 24.6 Å². The van der Waals surface area contributed by atoms with Crippen LogP contribution in [0.3, 0.4) is 0 Å². The van der Waals surface area contributed by atoms with Gasteiger partial charge in [-0.3, -0.25) is 9.59 Å². The van der Waals surface area contributed by atoms with Gasteiger partial charge in [-0.1, -0.05) is 6.07 Å². The first kappa shape index (κ1) is 11.6. The molecule has 2 amide bonds. The molecule has 0 aromatic heterocycles. The second-order valence-electron chi connectivity index (χ2n) is 4.02. The Morgan fingerprint density at radius 1 is 1.53 bits per heavy atom. The number of rotatable bonds is 3. The number of halogens is 1. The van der Waals surface area contributed by atoms with Gasteiger partial charge >= 0.3 is 0 Å². The van der Waals surface area contributed by atoms with Gasteiger partial charge in [-0.25, -0.2) is 4.39 Å². The van der Waals surface area contributed by atoms with Crippen molar-refractivity contribution in [2.45, 2.75) is 18.9 Å². The SMILES string of the molecule is O=C1CCC(CNC(=O)c2cccc(F)c2)N1. The molecular weight excluding hydrogens is 223 g/mol. The molecule has 2 rings (SSSR count). The topological polar surface area (TPSA) is 58.2 Å². The van der Waals surface area contributed by atoms with Crippen molar-refractivity contribution in [2.24, 2.45) is 0 Å². The lowest BCUT2D eigenvalue weighted by atomic mass is 10.2. The number of benzene rings is 1. The monoisotopic (exact) mass is 236 g/mol. The van der Waals surface area contributed by atoms with E-state index in [0.29, 0.717) is 13.0 Å². The van der Waals surface area contributed by atoms with Crippen molar-refractivity contribution in [3.8, 4) is 0 Å². The third kappa shape index (κ3) is 3.03. The fraction of sp³-hybridized carbons (Fsp3) is 0.333. The molecule has 1 saturated heterocycles. The highest BCUT2D eigenvalue weighted by molar-refractivity contribution is 5.94. The summed E-state index contributed by atoms with van der Waals surface area (Å²) >= 11 is 0. The molecule has 0 spiro atoms. The summed E-state index contributed by atoms with van der Waals surface area (Å²) < 4.78 is 12.9. The van der Waals surface area contributed by atoms with Gasteiger partial charge in [0.15, 0.2) is 0 Å². The van der Waals surface area contributed by atoms with E-state index in [9.17, 15) is 14.0 Å². The van der Waals surface area contributed by atoms with E-state index in [4.69, 9.17) is 0 Å². The summed E-state index contributed by atoms with van der Waals surface area (Å²) in [7, 11) is 0.